The summed E-state index contributed by atoms with van der Waals surface area (Å²) < 4.78 is 11.3. The van der Waals surface area contributed by atoms with Crippen LogP contribution in [-0.4, -0.2) is 47.4 Å². The number of hydrogen-bond donors (Lipinski definition) is 1. The standard InChI is InChI=1S/C25H31N3O2/c1-29-23-10-4-5-11-24(23)30-15-7-6-14-28-19-12-13-20(28)17-18(16-19)25-21-8-2-3-9-22(21)26-27-25/h2-5,8-11,18-20H,6-7,12-17H2,1H3,(H,26,27). The van der Waals surface area contributed by atoms with Gasteiger partial charge in [-0.25, -0.2) is 0 Å². The van der Waals surface area contributed by atoms with Crippen molar-refractivity contribution in [1.29, 1.82) is 0 Å². The fraction of sp³-hybridized carbons (Fsp3) is 0.480. The van der Waals surface area contributed by atoms with E-state index in [9.17, 15) is 0 Å². The van der Waals surface area contributed by atoms with E-state index < -0.39 is 0 Å². The predicted molar refractivity (Wildman–Crippen MR) is 119 cm³/mol. The molecule has 30 heavy (non-hydrogen) atoms. The van der Waals surface area contributed by atoms with E-state index in [1.54, 1.807) is 7.11 Å². The number of unbranched alkanes of at least 4 members (excludes halogenated alkanes) is 1. The van der Waals surface area contributed by atoms with Crippen LogP contribution < -0.4 is 9.47 Å². The number of fused-ring (bicyclic) bond motifs is 3. The number of piperidine rings is 1. The average Bonchev–Trinajstić information content (AvgIpc) is 3.31. The molecule has 2 unspecified atom stereocenters. The second kappa shape index (κ2) is 8.68. The minimum atomic E-state index is 0.587. The Bertz CT molecular complexity index is 971. The summed E-state index contributed by atoms with van der Waals surface area (Å²) in [5.74, 6) is 2.24. The molecule has 2 atom stereocenters. The Hall–Kier alpha value is -2.53. The zero-order chi connectivity index (χ0) is 20.3. The Balaban J connectivity index is 1.13. The van der Waals surface area contributed by atoms with Crippen molar-refractivity contribution in [3.63, 3.8) is 0 Å². The summed E-state index contributed by atoms with van der Waals surface area (Å²) in [4.78, 5) is 2.77. The van der Waals surface area contributed by atoms with Gasteiger partial charge in [0.15, 0.2) is 11.5 Å². The van der Waals surface area contributed by atoms with Gasteiger partial charge in [-0.15, -0.1) is 0 Å². The van der Waals surface area contributed by atoms with Gasteiger partial charge in [0.2, 0.25) is 0 Å². The van der Waals surface area contributed by atoms with Gasteiger partial charge in [-0.05, 0) is 63.3 Å². The van der Waals surface area contributed by atoms with E-state index in [2.05, 4.69) is 34.3 Å². The molecule has 5 rings (SSSR count). The molecule has 2 saturated heterocycles. The van der Waals surface area contributed by atoms with Gasteiger partial charge in [0.05, 0.1) is 24.9 Å². The van der Waals surface area contributed by atoms with Gasteiger partial charge in [0.25, 0.3) is 0 Å². The molecule has 1 N–H and O–H groups in total. The lowest BCUT2D eigenvalue weighted by Gasteiger charge is -2.38. The first-order chi connectivity index (χ1) is 14.8. The number of aromatic nitrogens is 2. The zero-order valence-corrected chi connectivity index (χ0v) is 17.7. The summed E-state index contributed by atoms with van der Waals surface area (Å²) in [6, 6.07) is 17.8. The Morgan fingerprint density at radius 2 is 1.70 bits per heavy atom. The van der Waals surface area contributed by atoms with Crippen LogP contribution in [0.3, 0.4) is 0 Å². The van der Waals surface area contributed by atoms with Crippen molar-refractivity contribution >= 4 is 10.9 Å². The predicted octanol–water partition coefficient (Wildman–Crippen LogP) is 5.14. The highest BCUT2D eigenvalue weighted by Gasteiger charge is 2.41. The van der Waals surface area contributed by atoms with Crippen LogP contribution in [0.15, 0.2) is 48.5 Å². The molecule has 5 nitrogen and oxygen atoms in total. The van der Waals surface area contributed by atoms with Crippen molar-refractivity contribution in [3.05, 3.63) is 54.2 Å². The average molecular weight is 406 g/mol. The second-order valence-corrected chi connectivity index (χ2v) is 8.65. The molecular weight excluding hydrogens is 374 g/mol. The summed E-state index contributed by atoms with van der Waals surface area (Å²) in [6.45, 7) is 1.92. The number of aromatic amines is 1. The van der Waals surface area contributed by atoms with Crippen LogP contribution in [0.5, 0.6) is 11.5 Å². The normalized spacial score (nSPS) is 23.7. The maximum Gasteiger partial charge on any atom is 0.161 e. The van der Waals surface area contributed by atoms with Gasteiger partial charge in [0.1, 0.15) is 0 Å². The van der Waals surface area contributed by atoms with Gasteiger partial charge >= 0.3 is 0 Å². The molecule has 2 aromatic carbocycles. The van der Waals surface area contributed by atoms with Gasteiger partial charge in [-0.3, -0.25) is 10.00 Å². The topological polar surface area (TPSA) is 50.4 Å². The van der Waals surface area contributed by atoms with E-state index in [0.29, 0.717) is 18.0 Å². The first kappa shape index (κ1) is 19.4. The molecular formula is C25H31N3O2. The van der Waals surface area contributed by atoms with Crippen molar-refractivity contribution in [3.8, 4) is 11.5 Å². The second-order valence-electron chi connectivity index (χ2n) is 8.65. The third kappa shape index (κ3) is 3.79. The van der Waals surface area contributed by atoms with Crippen LogP contribution in [0, 0.1) is 0 Å². The van der Waals surface area contributed by atoms with Crippen molar-refractivity contribution in [1.82, 2.24) is 15.1 Å². The lowest BCUT2D eigenvalue weighted by Crippen LogP contribution is -2.42. The largest absolute Gasteiger partial charge is 0.493 e. The quantitative estimate of drug-likeness (QED) is 0.527. The summed E-state index contributed by atoms with van der Waals surface area (Å²) >= 11 is 0. The number of para-hydroxylation sites is 3. The highest BCUT2D eigenvalue weighted by Crippen LogP contribution is 2.44. The summed E-state index contributed by atoms with van der Waals surface area (Å²) in [7, 11) is 1.69. The first-order valence-electron chi connectivity index (χ1n) is 11.3. The molecule has 1 aromatic heterocycles. The van der Waals surface area contributed by atoms with E-state index >= 15 is 0 Å². The number of benzene rings is 2. The molecule has 0 saturated carbocycles. The maximum atomic E-state index is 5.94. The molecule has 5 heteroatoms. The molecule has 2 fully saturated rings. The first-order valence-corrected chi connectivity index (χ1v) is 11.3. The molecule has 0 radical (unpaired) electrons. The summed E-state index contributed by atoms with van der Waals surface area (Å²) in [5, 5.41) is 9.24. The minimum Gasteiger partial charge on any atom is -0.493 e. The van der Waals surface area contributed by atoms with E-state index in [1.807, 2.05) is 24.3 Å². The Kier molecular flexibility index (Phi) is 5.63. The SMILES string of the molecule is COc1ccccc1OCCCCN1C2CCC1CC(c1n[nH]c3ccccc13)C2. The highest BCUT2D eigenvalue weighted by molar-refractivity contribution is 5.81. The number of methoxy groups -OCH3 is 1. The molecule has 0 spiro atoms. The van der Waals surface area contributed by atoms with Crippen molar-refractivity contribution in [2.45, 2.75) is 56.5 Å². The van der Waals surface area contributed by atoms with E-state index in [4.69, 9.17) is 14.6 Å². The van der Waals surface area contributed by atoms with E-state index in [0.717, 1.165) is 30.0 Å². The number of ether oxygens (including phenoxy) is 2. The number of rotatable bonds is 8. The van der Waals surface area contributed by atoms with Crippen LogP contribution in [0.1, 0.15) is 50.1 Å². The molecule has 0 amide bonds. The van der Waals surface area contributed by atoms with Crippen LogP contribution in [0.4, 0.5) is 0 Å². The van der Waals surface area contributed by atoms with Gasteiger partial charge in [-0.2, -0.15) is 5.10 Å². The third-order valence-electron chi connectivity index (χ3n) is 6.91. The summed E-state index contributed by atoms with van der Waals surface area (Å²) in [5.41, 5.74) is 2.45. The molecule has 2 aliphatic heterocycles. The van der Waals surface area contributed by atoms with Crippen LogP contribution in [0.25, 0.3) is 10.9 Å². The van der Waals surface area contributed by atoms with Gasteiger partial charge in [-0.1, -0.05) is 30.3 Å². The van der Waals surface area contributed by atoms with Crippen LogP contribution >= 0.6 is 0 Å². The van der Waals surface area contributed by atoms with Crippen LogP contribution in [0.2, 0.25) is 0 Å². The molecule has 3 heterocycles. The molecule has 2 bridgehead atoms. The van der Waals surface area contributed by atoms with E-state index in [1.165, 1.54) is 49.7 Å². The maximum absolute atomic E-state index is 5.94. The fourth-order valence-corrected chi connectivity index (χ4v) is 5.47. The zero-order valence-electron chi connectivity index (χ0n) is 17.7. The number of nitrogens with one attached hydrogen (secondary N) is 1. The molecule has 3 aromatic rings. The van der Waals surface area contributed by atoms with Crippen molar-refractivity contribution < 1.29 is 9.47 Å². The molecule has 2 aliphatic rings. The van der Waals surface area contributed by atoms with E-state index in [-0.39, 0.29) is 0 Å². The van der Waals surface area contributed by atoms with Crippen molar-refractivity contribution in [2.24, 2.45) is 0 Å². The van der Waals surface area contributed by atoms with Gasteiger partial charge < -0.3 is 9.47 Å². The lowest BCUT2D eigenvalue weighted by atomic mass is 9.86. The summed E-state index contributed by atoms with van der Waals surface area (Å²) in [6.07, 6.45) is 7.40. The fourth-order valence-electron chi connectivity index (χ4n) is 5.47. The van der Waals surface area contributed by atoms with Crippen molar-refractivity contribution in [2.75, 3.05) is 20.3 Å². The Labute approximate surface area is 178 Å². The molecule has 158 valence electrons. The van der Waals surface area contributed by atoms with Crippen LogP contribution in [-0.2, 0) is 0 Å². The number of hydrogen-bond acceptors (Lipinski definition) is 4. The monoisotopic (exact) mass is 405 g/mol. The third-order valence-corrected chi connectivity index (χ3v) is 6.91. The molecule has 0 aliphatic carbocycles. The van der Waals surface area contributed by atoms with Gasteiger partial charge in [0, 0.05) is 23.4 Å². The smallest absolute Gasteiger partial charge is 0.161 e. The number of H-pyrrole nitrogens is 1. The highest BCUT2D eigenvalue weighted by atomic mass is 16.5. The lowest BCUT2D eigenvalue weighted by molar-refractivity contribution is 0.121. The Morgan fingerprint density at radius 3 is 2.50 bits per heavy atom. The Morgan fingerprint density at radius 1 is 0.967 bits per heavy atom. The minimum absolute atomic E-state index is 0.587. The number of nitrogens with zero attached hydrogens (tertiary/aromatic N) is 2.